The Morgan fingerprint density at radius 3 is 2.24 bits per heavy atom. The number of fused-ring (bicyclic) bond motifs is 2. The van der Waals surface area contributed by atoms with Crippen molar-refractivity contribution in [3.8, 4) is 11.4 Å². The number of carboxylic acids is 1. The van der Waals surface area contributed by atoms with Gasteiger partial charge in [-0.05, 0) is 84.5 Å². The molecular formula is C37H28N10O10S2. The van der Waals surface area contributed by atoms with Gasteiger partial charge in [0.05, 0.1) is 39.3 Å². The number of para-hydroxylation sites is 1. The van der Waals surface area contributed by atoms with Crippen LogP contribution in [0.15, 0.2) is 133 Å². The van der Waals surface area contributed by atoms with Crippen molar-refractivity contribution in [1.82, 2.24) is 15.3 Å². The lowest BCUT2D eigenvalue weighted by atomic mass is 9.92. The number of nitrogens with two attached hydrogens (primary N) is 1. The molecule has 0 radical (unpaired) electrons. The second-order valence-electron chi connectivity index (χ2n) is 12.5. The van der Waals surface area contributed by atoms with Gasteiger partial charge in [-0.1, -0.05) is 18.2 Å². The van der Waals surface area contributed by atoms with Crippen LogP contribution >= 0.6 is 0 Å². The molecule has 0 bridgehead atoms. The van der Waals surface area contributed by atoms with Crippen molar-refractivity contribution in [1.29, 1.82) is 0 Å². The number of azo groups is 1. The molecule has 0 spiro atoms. The second-order valence-corrected chi connectivity index (χ2v) is 15.3. The molecule has 1 aromatic heterocycles. The average molecular weight is 837 g/mol. The molecule has 0 unspecified atom stereocenters. The number of carbonyl (C=O) groups excluding carboxylic acids is 2. The number of rotatable bonds is 12. The van der Waals surface area contributed by atoms with Gasteiger partial charge in [-0.15, -0.1) is 5.11 Å². The number of H-pyrrole nitrogens is 1. The Balaban J connectivity index is 1.13. The number of carbonyl (C=O) groups is 3. The normalized spacial score (nSPS) is 15.7. The number of nitrogens with one attached hydrogen (secondary N) is 4. The molecule has 0 saturated carbocycles. The third kappa shape index (κ3) is 8.69. The highest BCUT2D eigenvalue weighted by Gasteiger charge is 2.37. The maximum atomic E-state index is 13.7. The number of hydrogen-bond acceptors (Lipinski definition) is 16. The fourth-order valence-corrected chi connectivity index (χ4v) is 7.09. The van der Waals surface area contributed by atoms with E-state index in [2.05, 4.69) is 46.6 Å². The van der Waals surface area contributed by atoms with Gasteiger partial charge in [-0.3, -0.25) is 34.3 Å². The maximum absolute atomic E-state index is 13.7. The standard InChI is InChI=1S/C37H28N10O10S2/c38-33-32-20(15-30(59(55,56)57)35(36(32)51)47-42-21-4-2-1-3-5-21)14-29(58(52,53)54)34(33)46-43-22-8-6-19(7-9-22)37-40-25-12-11-24(16-27(25)41-37)44-45-26-13-10-23(17-28(26)48)39-18-31(49)50/h1-17,39,42,44H,18,38H2,(H,40,41)(H,49,50)(H,52,53,54)(H,55,56,57). The summed E-state index contributed by atoms with van der Waals surface area (Å²) in [5.74, 6) is -2.13. The van der Waals surface area contributed by atoms with Crippen LogP contribution in [0.3, 0.4) is 0 Å². The zero-order valence-electron chi connectivity index (χ0n) is 29.9. The molecule has 0 amide bonds. The van der Waals surface area contributed by atoms with Crippen LogP contribution in [0.5, 0.6) is 0 Å². The van der Waals surface area contributed by atoms with Gasteiger partial charge >= 0.3 is 5.97 Å². The van der Waals surface area contributed by atoms with Crippen molar-refractivity contribution < 1.29 is 45.4 Å². The SMILES string of the molecule is Nc1c(N=Nc2ccc(-c3nc4ccc(NN=C5C=CC(NCC(=O)O)=CC5=O)cc4[nH]3)cc2)c(S(=O)(=O)O)cc2c1C(=O)C(=NNc1ccccc1)C(S(=O)(=O)O)=C2. The number of nitrogen functional groups attached to an aromatic ring is 1. The summed E-state index contributed by atoms with van der Waals surface area (Å²) in [5, 5.41) is 27.5. The highest BCUT2D eigenvalue weighted by atomic mass is 32.2. The van der Waals surface area contributed by atoms with E-state index in [4.69, 9.17) is 10.8 Å². The number of allylic oxidation sites excluding steroid dienone is 4. The highest BCUT2D eigenvalue weighted by molar-refractivity contribution is 7.91. The number of imidazole rings is 1. The number of carboxylic acid groups (broad SMARTS) is 1. The number of nitrogens with zero attached hydrogens (tertiary/aromatic N) is 5. The van der Waals surface area contributed by atoms with Gasteiger partial charge in [-0.25, -0.2) is 4.98 Å². The fraction of sp³-hybridized carbons (Fsp3) is 0.0270. The summed E-state index contributed by atoms with van der Waals surface area (Å²) >= 11 is 0. The van der Waals surface area contributed by atoms with Crippen molar-refractivity contribution in [2.24, 2.45) is 20.4 Å². The van der Waals surface area contributed by atoms with Crippen LogP contribution in [0.25, 0.3) is 28.5 Å². The van der Waals surface area contributed by atoms with Gasteiger partial charge in [0.2, 0.25) is 11.6 Å². The van der Waals surface area contributed by atoms with Crippen molar-refractivity contribution in [3.63, 3.8) is 0 Å². The van der Waals surface area contributed by atoms with Gasteiger partial charge < -0.3 is 21.1 Å². The quantitative estimate of drug-likeness (QED) is 0.0274. The average Bonchev–Trinajstić information content (AvgIpc) is 3.62. The van der Waals surface area contributed by atoms with E-state index in [9.17, 15) is 40.3 Å². The zero-order chi connectivity index (χ0) is 42.1. The van der Waals surface area contributed by atoms with E-state index in [0.29, 0.717) is 39.5 Å². The molecule has 2 aliphatic carbocycles. The fourth-order valence-electron chi connectivity index (χ4n) is 5.76. The predicted octanol–water partition coefficient (Wildman–Crippen LogP) is 4.83. The highest BCUT2D eigenvalue weighted by Crippen LogP contribution is 2.41. The monoisotopic (exact) mass is 836 g/mol. The summed E-state index contributed by atoms with van der Waals surface area (Å²) in [5.41, 5.74) is 12.3. The summed E-state index contributed by atoms with van der Waals surface area (Å²) in [4.78, 5) is 42.8. The second kappa shape index (κ2) is 15.7. The number of benzene rings is 4. The van der Waals surface area contributed by atoms with E-state index >= 15 is 0 Å². The molecule has 20 nitrogen and oxygen atoms in total. The molecule has 9 N–H and O–H groups in total. The number of hydrazone groups is 2. The Hall–Kier alpha value is -7.66. The number of aromatic nitrogens is 2. The van der Waals surface area contributed by atoms with Crippen LogP contribution in [-0.4, -0.2) is 76.5 Å². The molecule has 0 atom stereocenters. The molecule has 0 aliphatic heterocycles. The number of ketones is 2. The lowest BCUT2D eigenvalue weighted by Crippen LogP contribution is -2.28. The molecule has 5 aromatic rings. The van der Waals surface area contributed by atoms with Gasteiger partial charge in [0.1, 0.15) is 33.6 Å². The topological polar surface area (TPSA) is 320 Å². The van der Waals surface area contributed by atoms with Gasteiger partial charge in [0.15, 0.2) is 5.71 Å². The summed E-state index contributed by atoms with van der Waals surface area (Å²) < 4.78 is 69.6. The van der Waals surface area contributed by atoms with Crippen LogP contribution in [0.2, 0.25) is 0 Å². The molecule has 2 aliphatic rings. The molecule has 0 fully saturated rings. The number of aromatic amines is 1. The Labute approximate surface area is 333 Å². The predicted molar refractivity (Wildman–Crippen MR) is 217 cm³/mol. The molecule has 7 rings (SSSR count). The summed E-state index contributed by atoms with van der Waals surface area (Å²) in [7, 11) is -10.2. The number of aliphatic carboxylic acids is 1. The molecule has 22 heteroatoms. The van der Waals surface area contributed by atoms with Gasteiger partial charge in [0, 0.05) is 17.3 Å². The van der Waals surface area contributed by atoms with Crippen molar-refractivity contribution in [3.05, 3.63) is 119 Å². The smallest absolute Gasteiger partial charge is 0.322 e. The molecule has 0 saturated heterocycles. The van der Waals surface area contributed by atoms with Gasteiger partial charge in [-0.2, -0.15) is 32.2 Å². The van der Waals surface area contributed by atoms with Crippen molar-refractivity contribution in [2.75, 3.05) is 23.1 Å². The Bertz CT molecular complexity index is 3010. The third-order valence-corrected chi connectivity index (χ3v) is 10.3. The van der Waals surface area contributed by atoms with E-state index in [1.807, 2.05) is 0 Å². The summed E-state index contributed by atoms with van der Waals surface area (Å²) in [6, 6.07) is 20.4. The summed E-state index contributed by atoms with van der Waals surface area (Å²) in [6.45, 7) is -0.343. The number of Topliss-reactive ketones (excluding diaryl/α,β-unsaturated/α-hetero) is 1. The van der Waals surface area contributed by atoms with E-state index in [-0.39, 0.29) is 23.5 Å². The van der Waals surface area contributed by atoms with E-state index in [1.165, 1.54) is 30.4 Å². The Kier molecular flexibility index (Phi) is 10.5. The van der Waals surface area contributed by atoms with Crippen LogP contribution < -0.4 is 21.9 Å². The molecule has 59 heavy (non-hydrogen) atoms. The van der Waals surface area contributed by atoms with Crippen LogP contribution in [-0.2, 0) is 29.8 Å². The zero-order valence-corrected chi connectivity index (χ0v) is 31.5. The van der Waals surface area contributed by atoms with Crippen LogP contribution in [0.4, 0.5) is 28.4 Å². The molecule has 298 valence electrons. The van der Waals surface area contributed by atoms with Gasteiger partial charge in [0.25, 0.3) is 20.2 Å². The minimum absolute atomic E-state index is 0.104. The van der Waals surface area contributed by atoms with Crippen molar-refractivity contribution >= 4 is 94.7 Å². The third-order valence-electron chi connectivity index (χ3n) is 8.52. The summed E-state index contributed by atoms with van der Waals surface area (Å²) in [6.07, 6.45) is 5.02. The van der Waals surface area contributed by atoms with Crippen LogP contribution in [0, 0.1) is 0 Å². The lowest BCUT2D eigenvalue weighted by Gasteiger charge is -2.20. The van der Waals surface area contributed by atoms with Crippen LogP contribution in [0.1, 0.15) is 15.9 Å². The number of anilines is 3. The van der Waals surface area contributed by atoms with Crippen molar-refractivity contribution in [2.45, 2.75) is 4.90 Å². The first-order valence-corrected chi connectivity index (χ1v) is 19.8. The first-order chi connectivity index (χ1) is 28.0. The molecular weight excluding hydrogens is 809 g/mol. The Morgan fingerprint density at radius 2 is 1.56 bits per heavy atom. The maximum Gasteiger partial charge on any atom is 0.322 e. The van der Waals surface area contributed by atoms with E-state index in [1.54, 1.807) is 60.7 Å². The van der Waals surface area contributed by atoms with E-state index < -0.39 is 70.2 Å². The first-order valence-electron chi connectivity index (χ1n) is 16.9. The molecule has 4 aromatic carbocycles. The minimum atomic E-state index is -5.09. The molecule has 1 heterocycles. The minimum Gasteiger partial charge on any atom is -0.480 e. The first kappa shape index (κ1) is 39.6. The Morgan fingerprint density at radius 1 is 0.831 bits per heavy atom. The van der Waals surface area contributed by atoms with E-state index in [0.717, 1.165) is 12.1 Å². The number of hydrogen-bond donors (Lipinski definition) is 8. The largest absolute Gasteiger partial charge is 0.480 e. The lowest BCUT2D eigenvalue weighted by molar-refractivity contribution is -0.135.